The van der Waals surface area contributed by atoms with E-state index in [4.69, 9.17) is 4.74 Å². The molecule has 1 aromatic heterocycles. The molecule has 0 spiro atoms. The maximum Gasteiger partial charge on any atom is 0.282 e. The summed E-state index contributed by atoms with van der Waals surface area (Å²) in [7, 11) is 1.56. The lowest BCUT2D eigenvalue weighted by Crippen LogP contribution is -2.48. The zero-order valence-electron chi connectivity index (χ0n) is 19.1. The van der Waals surface area contributed by atoms with Crippen molar-refractivity contribution in [1.82, 2.24) is 14.9 Å². The Hall–Kier alpha value is -4.20. The highest BCUT2D eigenvalue weighted by molar-refractivity contribution is 6.45. The summed E-state index contributed by atoms with van der Waals surface area (Å²) >= 11 is 0. The number of imide groups is 1. The first-order valence-electron chi connectivity index (χ1n) is 11.2. The van der Waals surface area contributed by atoms with E-state index in [-0.39, 0.29) is 11.8 Å². The van der Waals surface area contributed by atoms with Crippen molar-refractivity contribution >= 4 is 29.0 Å². The van der Waals surface area contributed by atoms with Gasteiger partial charge in [-0.05, 0) is 30.7 Å². The second-order valence-corrected chi connectivity index (χ2v) is 8.26. The molecule has 2 aliphatic heterocycles. The number of benzene rings is 2. The number of carbonyl (C=O) groups excluding carboxylic acids is 2. The van der Waals surface area contributed by atoms with Gasteiger partial charge in [0, 0.05) is 44.6 Å². The van der Waals surface area contributed by atoms with Gasteiger partial charge in [-0.1, -0.05) is 35.9 Å². The van der Waals surface area contributed by atoms with Crippen molar-refractivity contribution < 1.29 is 14.3 Å². The highest BCUT2D eigenvalue weighted by Crippen LogP contribution is 2.36. The molecule has 0 atom stereocenters. The fraction of sp³-hybridized carbons (Fsp3) is 0.231. The minimum atomic E-state index is -0.328. The molecule has 34 heavy (non-hydrogen) atoms. The second-order valence-electron chi connectivity index (χ2n) is 8.26. The molecule has 0 unspecified atom stereocenters. The number of aromatic nitrogens is 2. The Morgan fingerprint density at radius 1 is 0.824 bits per heavy atom. The summed E-state index contributed by atoms with van der Waals surface area (Å²) in [6.07, 6.45) is 3.44. The summed E-state index contributed by atoms with van der Waals surface area (Å²) in [6.45, 7) is 4.45. The van der Waals surface area contributed by atoms with E-state index in [1.54, 1.807) is 49.8 Å². The van der Waals surface area contributed by atoms with Crippen molar-refractivity contribution in [2.24, 2.45) is 0 Å². The molecule has 2 aromatic carbocycles. The summed E-state index contributed by atoms with van der Waals surface area (Å²) in [4.78, 5) is 41.4. The van der Waals surface area contributed by atoms with Gasteiger partial charge in [-0.2, -0.15) is 0 Å². The van der Waals surface area contributed by atoms with Gasteiger partial charge in [-0.3, -0.25) is 9.59 Å². The number of piperazine rings is 1. The number of aryl methyl sites for hydroxylation is 1. The SMILES string of the molecule is COc1cccc(N2C(=O)C(c3ccc(C)cc3)=C(N3CCN(c4ncccn4)CC3)C2=O)c1. The van der Waals surface area contributed by atoms with Crippen LogP contribution in [0, 0.1) is 6.92 Å². The average molecular weight is 456 g/mol. The number of rotatable bonds is 5. The van der Waals surface area contributed by atoms with E-state index < -0.39 is 0 Å². The van der Waals surface area contributed by atoms with E-state index in [2.05, 4.69) is 14.9 Å². The number of hydrogen-bond acceptors (Lipinski definition) is 7. The maximum atomic E-state index is 13.7. The molecule has 8 nitrogen and oxygen atoms in total. The summed E-state index contributed by atoms with van der Waals surface area (Å²) < 4.78 is 5.32. The van der Waals surface area contributed by atoms with E-state index >= 15 is 0 Å². The number of ether oxygens (including phenoxy) is 1. The lowest BCUT2D eigenvalue weighted by Gasteiger charge is -2.36. The van der Waals surface area contributed by atoms with Gasteiger partial charge in [0.2, 0.25) is 5.95 Å². The van der Waals surface area contributed by atoms with Gasteiger partial charge in [0.25, 0.3) is 11.8 Å². The first kappa shape index (κ1) is 21.6. The van der Waals surface area contributed by atoms with Crippen LogP contribution in [0.5, 0.6) is 5.75 Å². The molecule has 2 amide bonds. The minimum Gasteiger partial charge on any atom is -0.497 e. The number of carbonyl (C=O) groups is 2. The van der Waals surface area contributed by atoms with Crippen molar-refractivity contribution in [1.29, 1.82) is 0 Å². The zero-order valence-corrected chi connectivity index (χ0v) is 19.1. The second kappa shape index (κ2) is 8.97. The predicted molar refractivity (Wildman–Crippen MR) is 129 cm³/mol. The normalized spacial score (nSPS) is 16.5. The van der Waals surface area contributed by atoms with Gasteiger partial charge in [0.15, 0.2) is 0 Å². The van der Waals surface area contributed by atoms with Crippen molar-refractivity contribution in [3.63, 3.8) is 0 Å². The molecule has 172 valence electrons. The van der Waals surface area contributed by atoms with Crippen LogP contribution in [-0.2, 0) is 9.59 Å². The van der Waals surface area contributed by atoms with Crippen LogP contribution in [0.2, 0.25) is 0 Å². The van der Waals surface area contributed by atoms with Crippen LogP contribution in [0.15, 0.2) is 72.7 Å². The van der Waals surface area contributed by atoms with E-state index in [0.29, 0.717) is 54.8 Å². The largest absolute Gasteiger partial charge is 0.497 e. The topological polar surface area (TPSA) is 78.9 Å². The Labute approximate surface area is 198 Å². The molecular formula is C26H25N5O3. The minimum absolute atomic E-state index is 0.321. The van der Waals surface area contributed by atoms with Gasteiger partial charge in [0.05, 0.1) is 18.4 Å². The van der Waals surface area contributed by atoms with Crippen LogP contribution >= 0.6 is 0 Å². The number of anilines is 2. The lowest BCUT2D eigenvalue weighted by atomic mass is 10.0. The first-order valence-corrected chi connectivity index (χ1v) is 11.2. The maximum absolute atomic E-state index is 13.7. The number of hydrogen-bond donors (Lipinski definition) is 0. The summed E-state index contributed by atoms with van der Waals surface area (Å²) in [5.74, 6) is 0.603. The van der Waals surface area contributed by atoms with Crippen LogP contribution < -0.4 is 14.5 Å². The van der Waals surface area contributed by atoms with Gasteiger partial charge in [-0.25, -0.2) is 14.9 Å². The summed E-state index contributed by atoms with van der Waals surface area (Å²) in [6, 6.07) is 16.5. The molecular weight excluding hydrogens is 430 g/mol. The van der Waals surface area contributed by atoms with Crippen molar-refractivity contribution in [3.05, 3.63) is 83.8 Å². The van der Waals surface area contributed by atoms with Crippen LogP contribution in [0.4, 0.5) is 11.6 Å². The lowest BCUT2D eigenvalue weighted by molar-refractivity contribution is -0.120. The molecule has 3 aromatic rings. The fourth-order valence-electron chi connectivity index (χ4n) is 4.36. The molecule has 5 rings (SSSR count). The first-order chi connectivity index (χ1) is 16.6. The van der Waals surface area contributed by atoms with E-state index in [1.807, 2.05) is 36.1 Å². The molecule has 0 aliphatic carbocycles. The Kier molecular flexibility index (Phi) is 5.71. The van der Waals surface area contributed by atoms with Crippen LogP contribution in [0.25, 0.3) is 5.57 Å². The van der Waals surface area contributed by atoms with Crippen LogP contribution in [0.3, 0.4) is 0 Å². The number of amides is 2. The molecule has 1 fully saturated rings. The van der Waals surface area contributed by atoms with Gasteiger partial charge in [0.1, 0.15) is 11.4 Å². The Morgan fingerprint density at radius 2 is 1.50 bits per heavy atom. The molecule has 1 saturated heterocycles. The molecule has 0 bridgehead atoms. The van der Waals surface area contributed by atoms with E-state index in [1.165, 1.54) is 4.90 Å². The van der Waals surface area contributed by atoms with Crippen molar-refractivity contribution in [2.75, 3.05) is 43.1 Å². The molecule has 2 aliphatic rings. The van der Waals surface area contributed by atoms with E-state index in [0.717, 1.165) is 11.1 Å². The zero-order chi connectivity index (χ0) is 23.7. The van der Waals surface area contributed by atoms with Crippen LogP contribution in [0.1, 0.15) is 11.1 Å². The van der Waals surface area contributed by atoms with Crippen molar-refractivity contribution in [3.8, 4) is 5.75 Å². The Morgan fingerprint density at radius 3 is 2.18 bits per heavy atom. The molecule has 3 heterocycles. The Balaban J connectivity index is 1.50. The van der Waals surface area contributed by atoms with Crippen molar-refractivity contribution in [2.45, 2.75) is 6.92 Å². The average Bonchev–Trinajstić information content (AvgIpc) is 3.15. The molecule has 0 N–H and O–H groups in total. The molecule has 8 heteroatoms. The third kappa shape index (κ3) is 3.87. The third-order valence-corrected chi connectivity index (χ3v) is 6.14. The quantitative estimate of drug-likeness (QED) is 0.548. The van der Waals surface area contributed by atoms with E-state index in [9.17, 15) is 9.59 Å². The van der Waals surface area contributed by atoms with Gasteiger partial charge < -0.3 is 14.5 Å². The highest BCUT2D eigenvalue weighted by Gasteiger charge is 2.43. The monoisotopic (exact) mass is 455 g/mol. The standard InChI is InChI=1S/C26H25N5O3/c1-18-7-9-19(10-8-18)22-23(29-13-15-30(16-14-29)26-27-11-4-12-28-26)25(33)31(24(22)32)20-5-3-6-21(17-20)34-2/h3-12,17H,13-16H2,1-2H3. The third-order valence-electron chi connectivity index (χ3n) is 6.14. The molecule has 0 radical (unpaired) electrons. The summed E-state index contributed by atoms with van der Waals surface area (Å²) in [5, 5.41) is 0. The Bertz CT molecular complexity index is 1250. The van der Waals surface area contributed by atoms with Gasteiger partial charge in [-0.15, -0.1) is 0 Å². The van der Waals surface area contributed by atoms with Gasteiger partial charge >= 0.3 is 0 Å². The van der Waals surface area contributed by atoms with Crippen LogP contribution in [-0.4, -0.2) is 60.0 Å². The predicted octanol–water partition coefficient (Wildman–Crippen LogP) is 2.90. The summed E-state index contributed by atoms with van der Waals surface area (Å²) in [5.41, 5.74) is 3.18. The molecule has 0 saturated carbocycles. The number of nitrogens with zero attached hydrogens (tertiary/aromatic N) is 5. The highest BCUT2D eigenvalue weighted by atomic mass is 16.5. The number of methoxy groups -OCH3 is 1. The fourth-order valence-corrected chi connectivity index (χ4v) is 4.36. The smallest absolute Gasteiger partial charge is 0.282 e.